The molecular formula is C35H47N7O5S. The molecule has 0 aliphatic carbocycles. The lowest BCUT2D eigenvalue weighted by molar-refractivity contribution is 0.0579. The Morgan fingerprint density at radius 3 is 2.29 bits per heavy atom. The van der Waals surface area contributed by atoms with Crippen molar-refractivity contribution in [1.29, 1.82) is 0 Å². The molecule has 3 heterocycles. The Hall–Kier alpha value is -4.20. The lowest BCUT2D eigenvalue weighted by Crippen LogP contribution is -2.53. The van der Waals surface area contributed by atoms with E-state index in [1.807, 2.05) is 39.0 Å². The highest BCUT2D eigenvalue weighted by Crippen LogP contribution is 2.40. The molecule has 1 aliphatic heterocycles. The molecule has 0 radical (unpaired) electrons. The van der Waals surface area contributed by atoms with Gasteiger partial charge in [0.05, 0.1) is 36.8 Å². The number of nitrogens with one attached hydrogen (secondary N) is 2. The van der Waals surface area contributed by atoms with Crippen LogP contribution in [0.5, 0.6) is 17.4 Å². The minimum atomic E-state index is -3.62. The van der Waals surface area contributed by atoms with Gasteiger partial charge >= 0.3 is 0 Å². The fraction of sp³-hybridized carbons (Fsp3) is 0.457. The number of piperazine rings is 1. The lowest BCUT2D eigenvalue weighted by atomic mass is 9.86. The number of rotatable bonds is 9. The number of carbonyl (C=O) groups is 1. The summed E-state index contributed by atoms with van der Waals surface area (Å²) in [4.78, 5) is 27.9. The Morgan fingerprint density at radius 2 is 1.67 bits per heavy atom. The van der Waals surface area contributed by atoms with Gasteiger partial charge in [-0.25, -0.2) is 13.4 Å². The molecule has 1 amide bonds. The third-order valence-corrected chi connectivity index (χ3v) is 9.13. The molecule has 0 saturated carbocycles. The second kappa shape index (κ2) is 13.4. The lowest BCUT2D eigenvalue weighted by Gasteiger charge is -2.42. The minimum Gasteiger partial charge on any atom is -0.492 e. The van der Waals surface area contributed by atoms with Crippen molar-refractivity contribution >= 4 is 38.2 Å². The number of methoxy groups -OCH3 is 1. The molecule has 0 spiro atoms. The van der Waals surface area contributed by atoms with Crippen molar-refractivity contribution in [3.63, 3.8) is 0 Å². The molecule has 13 heteroatoms. The van der Waals surface area contributed by atoms with Crippen molar-refractivity contribution in [3.05, 3.63) is 65.7 Å². The van der Waals surface area contributed by atoms with Crippen molar-refractivity contribution in [2.24, 2.45) is 7.05 Å². The van der Waals surface area contributed by atoms with Gasteiger partial charge in [0, 0.05) is 56.4 Å². The molecule has 5 rings (SSSR count). The number of amides is 1. The second-order valence-electron chi connectivity index (χ2n) is 14.3. The summed E-state index contributed by atoms with van der Waals surface area (Å²) in [5.41, 5.74) is 2.31. The van der Waals surface area contributed by atoms with Crippen molar-refractivity contribution in [2.75, 3.05) is 49.6 Å². The Morgan fingerprint density at radius 1 is 0.979 bits per heavy atom. The average Bonchev–Trinajstić information content (AvgIpc) is 3.33. The number of anilines is 2. The molecule has 0 unspecified atom stereocenters. The number of carbonyl (C=O) groups excluding carboxylic acids is 1. The van der Waals surface area contributed by atoms with Crippen molar-refractivity contribution < 1.29 is 22.7 Å². The zero-order valence-corrected chi connectivity index (χ0v) is 30.2. The zero-order valence-electron chi connectivity index (χ0n) is 29.3. The SMILES string of the molecule is COc1c(NC(=O)c2cc3cccc(Oc4ccnc(CN5CCN(C(C)(C)C)CC5)n4)c3n2C)cc(C(C)(C)C)cc1NS(C)(=O)=O. The van der Waals surface area contributed by atoms with E-state index in [0.29, 0.717) is 35.4 Å². The Balaban J connectivity index is 1.39. The summed E-state index contributed by atoms with van der Waals surface area (Å²) in [7, 11) is -0.386. The van der Waals surface area contributed by atoms with Gasteiger partial charge in [0.1, 0.15) is 11.5 Å². The molecule has 1 saturated heterocycles. The fourth-order valence-electron chi connectivity index (χ4n) is 5.92. The first-order valence-electron chi connectivity index (χ1n) is 16.0. The topological polar surface area (TPSA) is 131 Å². The van der Waals surface area contributed by atoms with Crippen LogP contribution in [0.4, 0.5) is 11.4 Å². The predicted molar refractivity (Wildman–Crippen MR) is 190 cm³/mol. The van der Waals surface area contributed by atoms with Crippen LogP contribution in [-0.4, -0.2) is 83.7 Å². The smallest absolute Gasteiger partial charge is 0.272 e. The monoisotopic (exact) mass is 677 g/mol. The number of fused-ring (bicyclic) bond motifs is 1. The van der Waals surface area contributed by atoms with E-state index in [4.69, 9.17) is 14.5 Å². The number of benzene rings is 2. The maximum absolute atomic E-state index is 13.8. The highest BCUT2D eigenvalue weighted by atomic mass is 32.2. The number of hydrogen-bond acceptors (Lipinski definition) is 9. The van der Waals surface area contributed by atoms with E-state index in [1.54, 1.807) is 42.1 Å². The van der Waals surface area contributed by atoms with E-state index >= 15 is 0 Å². The van der Waals surface area contributed by atoms with Gasteiger partial charge in [0.15, 0.2) is 11.5 Å². The Labute approximate surface area is 283 Å². The number of sulfonamides is 1. The number of hydrogen-bond donors (Lipinski definition) is 2. The van der Waals surface area contributed by atoms with Crippen LogP contribution >= 0.6 is 0 Å². The van der Waals surface area contributed by atoms with Gasteiger partial charge in [-0.1, -0.05) is 32.9 Å². The van der Waals surface area contributed by atoms with E-state index < -0.39 is 15.9 Å². The summed E-state index contributed by atoms with van der Waals surface area (Å²) >= 11 is 0. The van der Waals surface area contributed by atoms with Gasteiger partial charge in [-0.05, 0) is 56.0 Å². The van der Waals surface area contributed by atoms with E-state index in [9.17, 15) is 13.2 Å². The van der Waals surface area contributed by atoms with Crippen LogP contribution in [0.3, 0.4) is 0 Å². The third kappa shape index (κ3) is 8.08. The molecule has 0 bridgehead atoms. The predicted octanol–water partition coefficient (Wildman–Crippen LogP) is 5.61. The maximum Gasteiger partial charge on any atom is 0.272 e. The molecule has 1 fully saturated rings. The normalized spacial score (nSPS) is 15.0. The highest BCUT2D eigenvalue weighted by molar-refractivity contribution is 7.92. The molecule has 2 aromatic heterocycles. The van der Waals surface area contributed by atoms with Gasteiger partial charge in [0.2, 0.25) is 15.9 Å². The molecular weight excluding hydrogens is 630 g/mol. The quantitative estimate of drug-likeness (QED) is 0.232. The Kier molecular flexibility index (Phi) is 9.78. The molecule has 1 aliphatic rings. The van der Waals surface area contributed by atoms with E-state index in [2.05, 4.69) is 45.6 Å². The van der Waals surface area contributed by atoms with Crippen molar-refractivity contribution in [3.8, 4) is 17.4 Å². The molecule has 4 aromatic rings. The number of aromatic nitrogens is 3. The number of aryl methyl sites for hydroxylation is 1. The fourth-order valence-corrected chi connectivity index (χ4v) is 6.47. The van der Waals surface area contributed by atoms with Crippen LogP contribution < -0.4 is 19.5 Å². The summed E-state index contributed by atoms with van der Waals surface area (Å²) in [6.45, 7) is 17.3. The van der Waals surface area contributed by atoms with Crippen LogP contribution in [0.15, 0.2) is 48.7 Å². The van der Waals surface area contributed by atoms with Crippen molar-refractivity contribution in [1.82, 2.24) is 24.3 Å². The van der Waals surface area contributed by atoms with E-state index in [1.165, 1.54) is 7.11 Å². The maximum atomic E-state index is 13.8. The molecule has 2 aromatic carbocycles. The van der Waals surface area contributed by atoms with Crippen LogP contribution in [-0.2, 0) is 29.0 Å². The summed E-state index contributed by atoms with van der Waals surface area (Å²) in [5.74, 6) is 1.46. The summed E-state index contributed by atoms with van der Waals surface area (Å²) < 4.78 is 40.5. The van der Waals surface area contributed by atoms with Crippen LogP contribution in [0.25, 0.3) is 10.9 Å². The van der Waals surface area contributed by atoms with Crippen LogP contribution in [0, 0.1) is 0 Å². The van der Waals surface area contributed by atoms with Gasteiger partial charge in [0.25, 0.3) is 5.91 Å². The second-order valence-corrected chi connectivity index (χ2v) is 16.1. The first-order chi connectivity index (χ1) is 22.4. The third-order valence-electron chi connectivity index (χ3n) is 8.53. The largest absolute Gasteiger partial charge is 0.492 e. The van der Waals surface area contributed by atoms with Crippen LogP contribution in [0.1, 0.15) is 63.4 Å². The first kappa shape index (κ1) is 35.1. The number of ether oxygens (including phenoxy) is 2. The Bertz CT molecular complexity index is 1920. The molecule has 2 N–H and O–H groups in total. The number of nitrogens with zero attached hydrogens (tertiary/aromatic N) is 5. The minimum absolute atomic E-state index is 0.153. The van der Waals surface area contributed by atoms with Gasteiger partial charge < -0.3 is 19.4 Å². The van der Waals surface area contributed by atoms with Gasteiger partial charge in [-0.15, -0.1) is 0 Å². The highest BCUT2D eigenvalue weighted by Gasteiger charge is 2.27. The molecule has 48 heavy (non-hydrogen) atoms. The molecule has 0 atom stereocenters. The summed E-state index contributed by atoms with van der Waals surface area (Å²) in [6, 6.07) is 12.7. The van der Waals surface area contributed by atoms with E-state index in [-0.39, 0.29) is 22.4 Å². The standard InChI is InChI=1S/C35H47N7O5S/c1-34(2,3)24-20-25(32(46-8)26(21-24)39-48(9,44)45)37-33(43)27-19-23-11-10-12-28(31(23)40(27)7)47-30-13-14-36-29(38-30)22-41-15-17-42(18-16-41)35(4,5)6/h10-14,19-21,39H,15-18,22H2,1-9H3,(H,37,43). The summed E-state index contributed by atoms with van der Waals surface area (Å²) in [6.07, 6.45) is 2.78. The van der Waals surface area contributed by atoms with Gasteiger partial charge in [-0.2, -0.15) is 4.98 Å². The van der Waals surface area contributed by atoms with Crippen molar-refractivity contribution in [2.45, 2.75) is 59.0 Å². The first-order valence-corrected chi connectivity index (χ1v) is 17.9. The summed E-state index contributed by atoms with van der Waals surface area (Å²) in [5, 5.41) is 3.76. The average molecular weight is 678 g/mol. The van der Waals surface area contributed by atoms with Gasteiger partial charge in [-0.3, -0.25) is 19.3 Å². The number of para-hydroxylation sites is 1. The zero-order chi connectivity index (χ0) is 35.0. The molecule has 258 valence electrons. The van der Waals surface area contributed by atoms with E-state index in [0.717, 1.165) is 48.9 Å². The van der Waals surface area contributed by atoms with Crippen LogP contribution in [0.2, 0.25) is 0 Å². The molecule has 12 nitrogen and oxygen atoms in total.